The number of alkyl halides is 3. The molecule has 0 radical (unpaired) electrons. The second kappa shape index (κ2) is 5.75. The van der Waals surface area contributed by atoms with E-state index in [1.807, 2.05) is 0 Å². The summed E-state index contributed by atoms with van der Waals surface area (Å²) in [6, 6.07) is 0. The van der Waals surface area contributed by atoms with Gasteiger partial charge in [-0.3, -0.25) is 9.64 Å². The number of hydrogen-bond acceptors (Lipinski definition) is 3. The molecule has 0 aromatic carbocycles. The molecule has 1 spiro atoms. The van der Waals surface area contributed by atoms with Gasteiger partial charge in [-0.2, -0.15) is 0 Å². The first-order valence-corrected chi connectivity index (χ1v) is 6.67. The van der Waals surface area contributed by atoms with E-state index in [9.17, 15) is 13.2 Å². The first kappa shape index (κ1) is 14.1. The number of nitrogens with one attached hydrogen (secondary N) is 1. The normalized spacial score (nSPS) is 25.5. The summed E-state index contributed by atoms with van der Waals surface area (Å²) in [5, 5.41) is 3.59. The molecular weight excluding hydrogens is 245 g/mol. The maximum Gasteiger partial charge on any atom is 0.522 e. The molecule has 2 aliphatic rings. The Morgan fingerprint density at radius 1 is 1.17 bits per heavy atom. The summed E-state index contributed by atoms with van der Waals surface area (Å²) in [5.41, 5.74) is 0.148. The van der Waals surface area contributed by atoms with Crippen LogP contribution in [0.25, 0.3) is 0 Å². The highest BCUT2D eigenvalue weighted by atomic mass is 19.4. The fourth-order valence-electron chi connectivity index (χ4n) is 3.09. The predicted molar refractivity (Wildman–Crippen MR) is 62.3 cm³/mol. The molecule has 0 aromatic rings. The van der Waals surface area contributed by atoms with Crippen LogP contribution in [0.3, 0.4) is 0 Å². The molecule has 0 unspecified atom stereocenters. The summed E-state index contributed by atoms with van der Waals surface area (Å²) >= 11 is 0. The zero-order chi connectivity index (χ0) is 13.1. The maximum atomic E-state index is 11.9. The lowest BCUT2D eigenvalue weighted by Crippen LogP contribution is -2.49. The highest BCUT2D eigenvalue weighted by Crippen LogP contribution is 2.31. The molecule has 3 nitrogen and oxygen atoms in total. The number of nitrogens with zero attached hydrogens (tertiary/aromatic N) is 1. The lowest BCUT2D eigenvalue weighted by Gasteiger charge is -2.33. The summed E-state index contributed by atoms with van der Waals surface area (Å²) in [5.74, 6) is 0. The van der Waals surface area contributed by atoms with Crippen molar-refractivity contribution in [1.82, 2.24) is 10.2 Å². The van der Waals surface area contributed by atoms with Gasteiger partial charge in [-0.15, -0.1) is 13.2 Å². The molecule has 1 aliphatic heterocycles. The first-order valence-electron chi connectivity index (χ1n) is 6.67. The third-order valence-corrected chi connectivity index (χ3v) is 3.91. The standard InChI is InChI=1S/C12H21F3N2O/c13-12(14,15)18-9-8-17-7-3-6-16-11(10-17)4-1-2-5-11/h16H,1-10H2. The van der Waals surface area contributed by atoms with E-state index < -0.39 is 6.36 Å². The van der Waals surface area contributed by atoms with Crippen LogP contribution in [0.4, 0.5) is 13.2 Å². The van der Waals surface area contributed by atoms with Crippen molar-refractivity contribution in [3.63, 3.8) is 0 Å². The van der Waals surface area contributed by atoms with E-state index in [4.69, 9.17) is 0 Å². The van der Waals surface area contributed by atoms with Gasteiger partial charge in [0.2, 0.25) is 0 Å². The number of halogens is 3. The van der Waals surface area contributed by atoms with E-state index in [2.05, 4.69) is 15.0 Å². The fraction of sp³-hybridized carbons (Fsp3) is 1.00. The molecule has 106 valence electrons. The van der Waals surface area contributed by atoms with Crippen molar-refractivity contribution in [1.29, 1.82) is 0 Å². The minimum absolute atomic E-state index is 0.148. The molecule has 1 saturated carbocycles. The molecule has 2 rings (SSSR count). The average Bonchev–Trinajstić information content (AvgIpc) is 2.61. The van der Waals surface area contributed by atoms with Crippen LogP contribution in [0.15, 0.2) is 0 Å². The van der Waals surface area contributed by atoms with E-state index in [1.165, 1.54) is 12.8 Å². The largest absolute Gasteiger partial charge is 0.522 e. The van der Waals surface area contributed by atoms with Crippen LogP contribution in [0.1, 0.15) is 32.1 Å². The Morgan fingerprint density at radius 2 is 1.89 bits per heavy atom. The van der Waals surface area contributed by atoms with Gasteiger partial charge >= 0.3 is 6.36 Å². The van der Waals surface area contributed by atoms with Gasteiger partial charge in [0.25, 0.3) is 0 Å². The first-order chi connectivity index (χ1) is 8.49. The summed E-state index contributed by atoms with van der Waals surface area (Å²) in [6.45, 7) is 2.78. The summed E-state index contributed by atoms with van der Waals surface area (Å²) in [6.07, 6.45) is 1.22. The van der Waals surface area contributed by atoms with Crippen LogP contribution in [-0.4, -0.2) is 49.6 Å². The van der Waals surface area contributed by atoms with E-state index in [1.54, 1.807) is 0 Å². The Labute approximate surface area is 106 Å². The van der Waals surface area contributed by atoms with E-state index in [0.29, 0.717) is 6.54 Å². The Hall–Kier alpha value is -0.330. The number of hydrogen-bond donors (Lipinski definition) is 1. The fourth-order valence-corrected chi connectivity index (χ4v) is 3.09. The molecule has 6 heteroatoms. The second-order valence-corrected chi connectivity index (χ2v) is 5.34. The van der Waals surface area contributed by atoms with Gasteiger partial charge < -0.3 is 5.32 Å². The SMILES string of the molecule is FC(F)(F)OCCN1CCCNC2(CCCC2)C1. The van der Waals surface area contributed by atoms with Crippen LogP contribution in [0.5, 0.6) is 0 Å². The van der Waals surface area contributed by atoms with Gasteiger partial charge in [0, 0.05) is 18.6 Å². The summed E-state index contributed by atoms with van der Waals surface area (Å²) < 4.78 is 39.7. The summed E-state index contributed by atoms with van der Waals surface area (Å²) in [4.78, 5) is 2.11. The van der Waals surface area contributed by atoms with Crippen molar-refractivity contribution in [2.75, 3.05) is 32.8 Å². The molecular formula is C12H21F3N2O. The van der Waals surface area contributed by atoms with Gasteiger partial charge in [-0.25, -0.2) is 0 Å². The van der Waals surface area contributed by atoms with Crippen molar-refractivity contribution in [2.24, 2.45) is 0 Å². The van der Waals surface area contributed by atoms with Crippen molar-refractivity contribution in [2.45, 2.75) is 44.0 Å². The molecule has 1 heterocycles. The lowest BCUT2D eigenvalue weighted by molar-refractivity contribution is -0.325. The quantitative estimate of drug-likeness (QED) is 0.847. The molecule has 1 aliphatic carbocycles. The van der Waals surface area contributed by atoms with Crippen molar-refractivity contribution < 1.29 is 17.9 Å². The van der Waals surface area contributed by atoms with Crippen LogP contribution in [-0.2, 0) is 4.74 Å². The topological polar surface area (TPSA) is 24.5 Å². The highest BCUT2D eigenvalue weighted by molar-refractivity contribution is 4.96. The summed E-state index contributed by atoms with van der Waals surface area (Å²) in [7, 11) is 0. The van der Waals surface area contributed by atoms with Gasteiger partial charge in [-0.1, -0.05) is 12.8 Å². The Balaban J connectivity index is 1.80. The van der Waals surface area contributed by atoms with Crippen LogP contribution >= 0.6 is 0 Å². The molecule has 0 amide bonds. The lowest BCUT2D eigenvalue weighted by atomic mass is 9.97. The van der Waals surface area contributed by atoms with Crippen molar-refractivity contribution in [3.05, 3.63) is 0 Å². The third-order valence-electron chi connectivity index (χ3n) is 3.91. The van der Waals surface area contributed by atoms with Gasteiger partial charge in [-0.05, 0) is 32.4 Å². The molecule has 1 N–H and O–H groups in total. The Bertz CT molecular complexity index is 265. The third kappa shape index (κ3) is 4.10. The number of rotatable bonds is 3. The van der Waals surface area contributed by atoms with Crippen molar-refractivity contribution in [3.8, 4) is 0 Å². The van der Waals surface area contributed by atoms with Crippen LogP contribution in [0, 0.1) is 0 Å². The van der Waals surface area contributed by atoms with Gasteiger partial charge in [0.05, 0.1) is 6.61 Å². The zero-order valence-corrected chi connectivity index (χ0v) is 10.6. The second-order valence-electron chi connectivity index (χ2n) is 5.34. The van der Waals surface area contributed by atoms with Crippen molar-refractivity contribution >= 4 is 0 Å². The predicted octanol–water partition coefficient (Wildman–Crippen LogP) is 2.13. The number of ether oxygens (including phenoxy) is 1. The molecule has 0 atom stereocenters. The molecule has 0 aromatic heterocycles. The van der Waals surface area contributed by atoms with Crippen LogP contribution < -0.4 is 5.32 Å². The Kier molecular flexibility index (Phi) is 4.50. The monoisotopic (exact) mass is 266 g/mol. The maximum absolute atomic E-state index is 11.9. The van der Waals surface area contributed by atoms with Gasteiger partial charge in [0.15, 0.2) is 0 Å². The molecule has 1 saturated heterocycles. The van der Waals surface area contributed by atoms with E-state index in [0.717, 1.165) is 38.9 Å². The van der Waals surface area contributed by atoms with Gasteiger partial charge in [0.1, 0.15) is 0 Å². The highest BCUT2D eigenvalue weighted by Gasteiger charge is 2.36. The van der Waals surface area contributed by atoms with E-state index >= 15 is 0 Å². The molecule has 0 bridgehead atoms. The molecule has 18 heavy (non-hydrogen) atoms. The van der Waals surface area contributed by atoms with E-state index in [-0.39, 0.29) is 12.1 Å². The smallest absolute Gasteiger partial charge is 0.310 e. The minimum Gasteiger partial charge on any atom is -0.310 e. The Morgan fingerprint density at radius 3 is 2.56 bits per heavy atom. The molecule has 2 fully saturated rings. The zero-order valence-electron chi connectivity index (χ0n) is 10.6. The minimum atomic E-state index is -4.50. The average molecular weight is 266 g/mol. The van der Waals surface area contributed by atoms with Crippen LogP contribution in [0.2, 0.25) is 0 Å².